The third-order valence-electron chi connectivity index (χ3n) is 1.97. The van der Waals surface area contributed by atoms with Crippen molar-refractivity contribution in [2.75, 3.05) is 25.4 Å². The minimum atomic E-state index is -1.40. The van der Waals surface area contributed by atoms with Gasteiger partial charge in [0.25, 0.3) is 0 Å². The highest BCUT2D eigenvalue weighted by Crippen LogP contribution is 2.25. The normalized spacial score (nSPS) is 19.5. The van der Waals surface area contributed by atoms with Crippen LogP contribution in [0.2, 0.25) is 0 Å². The number of nitrogens with zero attached hydrogens (tertiary/aromatic N) is 1. The lowest BCUT2D eigenvalue weighted by atomic mass is 10.2. The summed E-state index contributed by atoms with van der Waals surface area (Å²) >= 11 is 0. The Kier molecular flexibility index (Phi) is 3.59. The molecule has 1 rings (SSSR count). The van der Waals surface area contributed by atoms with E-state index in [-0.39, 0.29) is 6.09 Å². The number of ether oxygens (including phenoxy) is 1. The fraction of sp³-hybridized carbons (Fsp3) is 0.889. The SMILES string of the molecule is CC(C)(C)OC(=O)N1CC[PH](=O)CC1. The number of rotatable bonds is 0. The molecule has 1 fully saturated rings. The van der Waals surface area contributed by atoms with E-state index in [4.69, 9.17) is 4.74 Å². The van der Waals surface area contributed by atoms with Gasteiger partial charge in [0.1, 0.15) is 5.60 Å². The van der Waals surface area contributed by atoms with Gasteiger partial charge in [0, 0.05) is 25.4 Å². The van der Waals surface area contributed by atoms with E-state index in [0.717, 1.165) is 0 Å². The van der Waals surface area contributed by atoms with Crippen molar-refractivity contribution in [1.29, 1.82) is 0 Å². The maximum absolute atomic E-state index is 11.5. The molecular weight excluding hydrogens is 201 g/mol. The lowest BCUT2D eigenvalue weighted by molar-refractivity contribution is 0.0267. The van der Waals surface area contributed by atoms with Crippen molar-refractivity contribution in [1.82, 2.24) is 4.90 Å². The molecule has 0 aliphatic carbocycles. The summed E-state index contributed by atoms with van der Waals surface area (Å²) in [6.07, 6.45) is 1.00. The van der Waals surface area contributed by atoms with Gasteiger partial charge in [-0.25, -0.2) is 4.79 Å². The van der Waals surface area contributed by atoms with Gasteiger partial charge in [-0.3, -0.25) is 0 Å². The molecule has 0 aromatic rings. The second-order valence-electron chi connectivity index (χ2n) is 4.51. The van der Waals surface area contributed by atoms with Crippen molar-refractivity contribution in [3.63, 3.8) is 0 Å². The molecule has 0 saturated carbocycles. The minimum Gasteiger partial charge on any atom is -0.444 e. The van der Waals surface area contributed by atoms with E-state index >= 15 is 0 Å². The van der Waals surface area contributed by atoms with E-state index in [2.05, 4.69) is 0 Å². The minimum absolute atomic E-state index is 0.285. The van der Waals surface area contributed by atoms with Gasteiger partial charge in [-0.05, 0) is 20.8 Å². The largest absolute Gasteiger partial charge is 0.444 e. The predicted octanol–water partition coefficient (Wildman–Crippen LogP) is 1.80. The molecule has 1 aliphatic heterocycles. The third-order valence-corrected chi connectivity index (χ3v) is 3.54. The van der Waals surface area contributed by atoms with E-state index in [1.165, 1.54) is 0 Å². The first kappa shape index (κ1) is 11.6. The Morgan fingerprint density at radius 3 is 2.21 bits per heavy atom. The summed E-state index contributed by atoms with van der Waals surface area (Å²) in [6.45, 7) is 6.69. The second-order valence-corrected chi connectivity index (χ2v) is 6.58. The van der Waals surface area contributed by atoms with Crippen molar-refractivity contribution in [2.24, 2.45) is 0 Å². The fourth-order valence-corrected chi connectivity index (χ4v) is 2.55. The van der Waals surface area contributed by atoms with E-state index in [1.54, 1.807) is 4.90 Å². The zero-order valence-corrected chi connectivity index (χ0v) is 10.0. The second kappa shape index (κ2) is 4.35. The average Bonchev–Trinajstić information content (AvgIpc) is 2.02. The van der Waals surface area contributed by atoms with Crippen molar-refractivity contribution in [3.8, 4) is 0 Å². The molecular formula is C9H18NO3P. The third kappa shape index (κ3) is 3.70. The summed E-state index contributed by atoms with van der Waals surface area (Å²) in [7, 11) is -1.40. The molecule has 0 atom stereocenters. The van der Waals surface area contributed by atoms with Gasteiger partial charge in [0.15, 0.2) is 0 Å². The van der Waals surface area contributed by atoms with Crippen molar-refractivity contribution in [3.05, 3.63) is 0 Å². The molecule has 0 aromatic carbocycles. The van der Waals surface area contributed by atoms with Gasteiger partial charge in [-0.1, -0.05) is 0 Å². The van der Waals surface area contributed by atoms with Crippen molar-refractivity contribution < 1.29 is 14.1 Å². The summed E-state index contributed by atoms with van der Waals surface area (Å²) in [5.41, 5.74) is -0.445. The first-order chi connectivity index (χ1) is 6.38. The molecule has 5 heteroatoms. The van der Waals surface area contributed by atoms with Crippen LogP contribution in [0.25, 0.3) is 0 Å². The molecule has 4 nitrogen and oxygen atoms in total. The van der Waals surface area contributed by atoms with Gasteiger partial charge in [0.2, 0.25) is 0 Å². The monoisotopic (exact) mass is 219 g/mol. The van der Waals surface area contributed by atoms with Gasteiger partial charge in [-0.2, -0.15) is 0 Å². The number of hydrogen-bond acceptors (Lipinski definition) is 3. The Morgan fingerprint density at radius 2 is 1.79 bits per heavy atom. The molecule has 0 spiro atoms. The standard InChI is InChI=1S/C9H18NO3P/c1-9(2,3)13-8(11)10-4-6-14(12)7-5-10/h14H,4-7H2,1-3H3. The molecule has 0 bridgehead atoms. The molecule has 1 aliphatic rings. The van der Waals surface area contributed by atoms with Gasteiger partial charge < -0.3 is 14.2 Å². The number of carbonyl (C=O) groups excluding carboxylic acids is 1. The summed E-state index contributed by atoms with van der Waals surface area (Å²) < 4.78 is 16.3. The van der Waals surface area contributed by atoms with Crippen LogP contribution in [0.15, 0.2) is 0 Å². The molecule has 0 N–H and O–H groups in total. The van der Waals surface area contributed by atoms with Gasteiger partial charge >= 0.3 is 6.09 Å². The average molecular weight is 219 g/mol. The van der Waals surface area contributed by atoms with Crippen LogP contribution in [0, 0.1) is 0 Å². The van der Waals surface area contributed by atoms with Gasteiger partial charge in [0.05, 0.1) is 7.80 Å². The van der Waals surface area contributed by atoms with Crippen LogP contribution in [-0.4, -0.2) is 42.0 Å². The van der Waals surface area contributed by atoms with E-state index in [0.29, 0.717) is 25.4 Å². The summed E-state index contributed by atoms with van der Waals surface area (Å²) in [5, 5.41) is 0. The van der Waals surface area contributed by atoms with Crippen LogP contribution < -0.4 is 0 Å². The molecule has 1 amide bonds. The molecule has 82 valence electrons. The Hall–Kier alpha value is -0.500. The first-order valence-corrected chi connectivity index (χ1v) is 6.70. The van der Waals surface area contributed by atoms with Crippen LogP contribution in [0.1, 0.15) is 20.8 Å². The Balaban J connectivity index is 2.42. The highest BCUT2D eigenvalue weighted by atomic mass is 31.1. The zero-order chi connectivity index (χ0) is 10.8. The van der Waals surface area contributed by atoms with Crippen LogP contribution in [0.3, 0.4) is 0 Å². The van der Waals surface area contributed by atoms with E-state index < -0.39 is 13.4 Å². The first-order valence-electron chi connectivity index (χ1n) is 4.88. The van der Waals surface area contributed by atoms with Crippen molar-refractivity contribution in [2.45, 2.75) is 26.4 Å². The van der Waals surface area contributed by atoms with Crippen molar-refractivity contribution >= 4 is 13.9 Å². The summed E-state index contributed by atoms with van der Waals surface area (Å²) in [5.74, 6) is 0. The lowest BCUT2D eigenvalue weighted by Gasteiger charge is -2.29. The molecule has 1 saturated heterocycles. The number of amides is 1. The van der Waals surface area contributed by atoms with E-state index in [9.17, 15) is 9.36 Å². The quantitative estimate of drug-likeness (QED) is 0.583. The molecule has 0 aromatic heterocycles. The van der Waals surface area contributed by atoms with Crippen LogP contribution in [0.4, 0.5) is 4.79 Å². The molecule has 0 unspecified atom stereocenters. The fourth-order valence-electron chi connectivity index (χ4n) is 1.27. The Bertz CT molecular complexity index is 237. The lowest BCUT2D eigenvalue weighted by Crippen LogP contribution is -2.41. The maximum Gasteiger partial charge on any atom is 0.410 e. The number of hydrogen-bond donors (Lipinski definition) is 0. The smallest absolute Gasteiger partial charge is 0.410 e. The highest BCUT2D eigenvalue weighted by molar-refractivity contribution is 7.44. The zero-order valence-electron chi connectivity index (χ0n) is 9.00. The Labute approximate surface area is 85.4 Å². The molecule has 14 heavy (non-hydrogen) atoms. The predicted molar refractivity (Wildman–Crippen MR) is 56.5 cm³/mol. The van der Waals surface area contributed by atoms with Gasteiger partial charge in [-0.15, -0.1) is 0 Å². The topological polar surface area (TPSA) is 46.6 Å². The molecule has 1 heterocycles. The number of carbonyl (C=O) groups is 1. The highest BCUT2D eigenvalue weighted by Gasteiger charge is 2.24. The van der Waals surface area contributed by atoms with Crippen LogP contribution in [-0.2, 0) is 9.30 Å². The van der Waals surface area contributed by atoms with Crippen LogP contribution in [0.5, 0.6) is 0 Å². The van der Waals surface area contributed by atoms with E-state index in [1.807, 2.05) is 20.8 Å². The molecule has 0 radical (unpaired) electrons. The summed E-state index contributed by atoms with van der Waals surface area (Å²) in [4.78, 5) is 13.2. The maximum atomic E-state index is 11.5. The Morgan fingerprint density at radius 1 is 1.29 bits per heavy atom. The summed E-state index contributed by atoms with van der Waals surface area (Å²) in [6, 6.07) is 0. The van der Waals surface area contributed by atoms with Crippen LogP contribution >= 0.6 is 7.80 Å².